The molecule has 0 aromatic carbocycles. The average molecular weight is 658 g/mol. The molecule has 180 valence electrons. The Balaban J connectivity index is 0.000000152. The summed E-state index contributed by atoms with van der Waals surface area (Å²) in [6.45, 7) is 0. The van der Waals surface area contributed by atoms with Crippen molar-refractivity contribution in [2.24, 2.45) is 0 Å². The molecule has 0 unspecified atom stereocenters. The smallest absolute Gasteiger partial charge is 0.318 e. The van der Waals surface area contributed by atoms with E-state index in [1.165, 1.54) is 0 Å². The fraction of sp³-hybridized carbons (Fsp3) is 0. The molecule has 6 heterocycles. The number of pyridine rings is 6. The summed E-state index contributed by atoms with van der Waals surface area (Å²) < 4.78 is 0. The normalized spacial score (nSPS) is 9.41. The van der Waals surface area contributed by atoms with Gasteiger partial charge in [0.15, 0.2) is 0 Å². The van der Waals surface area contributed by atoms with Crippen molar-refractivity contribution < 1.29 is 20.1 Å². The molecule has 0 bridgehead atoms. The van der Waals surface area contributed by atoms with Crippen LogP contribution in [0.5, 0.6) is 0 Å². The summed E-state index contributed by atoms with van der Waals surface area (Å²) >= 11 is 0. The fourth-order valence-electron chi connectivity index (χ4n) is 2.90. The van der Waals surface area contributed by atoms with Crippen LogP contribution >= 0.6 is 0 Å². The third-order valence-electron chi connectivity index (χ3n) is 4.54. The van der Waals surface area contributed by atoms with E-state index < -0.39 is 0 Å². The second kappa shape index (κ2) is 15.5. The van der Waals surface area contributed by atoms with E-state index in [2.05, 4.69) is 48.1 Å². The molecule has 6 aromatic heterocycles. The minimum absolute atomic E-state index is 0. The van der Waals surface area contributed by atoms with Crippen molar-refractivity contribution in [2.45, 2.75) is 0 Å². The van der Waals surface area contributed by atoms with Crippen molar-refractivity contribution in [1.29, 1.82) is 0 Å². The van der Waals surface area contributed by atoms with Crippen LogP contribution in [0.1, 0.15) is 0 Å². The molecule has 0 fully saturated rings. The van der Waals surface area contributed by atoms with E-state index in [0.717, 1.165) is 34.2 Å². The Morgan fingerprint density at radius 3 is 0.865 bits per heavy atom. The van der Waals surface area contributed by atoms with Crippen LogP contribution in [-0.4, -0.2) is 29.9 Å². The molecular weight excluding hydrogens is 637 g/mol. The maximum atomic E-state index is 4.16. The van der Waals surface area contributed by atoms with Crippen molar-refractivity contribution in [3.05, 3.63) is 146 Å². The van der Waals surface area contributed by atoms with Gasteiger partial charge in [0, 0.05) is 18.6 Å². The largest absolute Gasteiger partial charge is 3.00 e. The van der Waals surface area contributed by atoms with Gasteiger partial charge in [0.25, 0.3) is 0 Å². The van der Waals surface area contributed by atoms with Crippen molar-refractivity contribution in [1.82, 2.24) is 29.9 Å². The van der Waals surface area contributed by atoms with E-state index in [1.54, 1.807) is 37.2 Å². The van der Waals surface area contributed by atoms with Gasteiger partial charge in [-0.1, -0.05) is 36.4 Å². The van der Waals surface area contributed by atoms with Crippen LogP contribution in [-0.2, 0) is 20.1 Å². The van der Waals surface area contributed by atoms with E-state index >= 15 is 0 Å². The standard InChI is InChI=1S/3C10H7N2.Ir/c3*1-3-7-11-9(5-1)10-6-2-4-8-12-10;/h3*1-5,7-8H;/q3*-1;+3. The summed E-state index contributed by atoms with van der Waals surface area (Å²) in [7, 11) is 0. The van der Waals surface area contributed by atoms with Crippen LogP contribution in [0, 0.1) is 18.2 Å². The van der Waals surface area contributed by atoms with Gasteiger partial charge in [0.2, 0.25) is 0 Å². The molecule has 6 rings (SSSR count). The second-order valence-electron chi connectivity index (χ2n) is 7.04. The molecule has 0 amide bonds. The van der Waals surface area contributed by atoms with Crippen LogP contribution in [0.4, 0.5) is 0 Å². The van der Waals surface area contributed by atoms with Crippen LogP contribution in [0.25, 0.3) is 34.2 Å². The number of aromatic nitrogens is 6. The van der Waals surface area contributed by atoms with Gasteiger partial charge in [-0.05, 0) is 71.0 Å². The summed E-state index contributed by atoms with van der Waals surface area (Å²) in [5.41, 5.74) is 4.95. The zero-order chi connectivity index (χ0) is 24.7. The van der Waals surface area contributed by atoms with Crippen molar-refractivity contribution in [3.8, 4) is 34.2 Å². The van der Waals surface area contributed by atoms with Crippen molar-refractivity contribution in [2.75, 3.05) is 0 Å². The molecule has 0 atom stereocenters. The number of nitrogens with zero attached hydrogens (tertiary/aromatic N) is 6. The maximum Gasteiger partial charge on any atom is 3.00 e. The van der Waals surface area contributed by atoms with Crippen LogP contribution in [0.15, 0.2) is 128 Å². The number of rotatable bonds is 3. The molecule has 0 spiro atoms. The summed E-state index contributed by atoms with van der Waals surface area (Å²) in [5.74, 6) is 0. The first-order chi connectivity index (χ1) is 17.9. The predicted molar refractivity (Wildman–Crippen MR) is 139 cm³/mol. The molecule has 0 saturated heterocycles. The second-order valence-corrected chi connectivity index (χ2v) is 7.04. The van der Waals surface area contributed by atoms with Gasteiger partial charge < -0.3 is 15.0 Å². The maximum absolute atomic E-state index is 4.16. The van der Waals surface area contributed by atoms with Gasteiger partial charge in [0.05, 0.1) is 0 Å². The molecule has 37 heavy (non-hydrogen) atoms. The fourth-order valence-corrected chi connectivity index (χ4v) is 2.90. The summed E-state index contributed by atoms with van der Waals surface area (Å²) in [5, 5.41) is 0. The summed E-state index contributed by atoms with van der Waals surface area (Å²) in [4.78, 5) is 24.9. The van der Waals surface area contributed by atoms with Gasteiger partial charge in [-0.15, -0.1) is 18.2 Å². The van der Waals surface area contributed by atoms with E-state index in [4.69, 9.17) is 0 Å². The average Bonchev–Trinajstić information content (AvgIpc) is 3.01. The summed E-state index contributed by atoms with van der Waals surface area (Å²) in [6, 6.07) is 37.2. The molecule has 0 saturated carbocycles. The van der Waals surface area contributed by atoms with E-state index in [-0.39, 0.29) is 20.1 Å². The molecule has 6 aromatic rings. The van der Waals surface area contributed by atoms with Gasteiger partial charge in [0.1, 0.15) is 0 Å². The van der Waals surface area contributed by atoms with E-state index in [9.17, 15) is 0 Å². The minimum Gasteiger partial charge on any atom is -0.318 e. The Morgan fingerprint density at radius 1 is 0.351 bits per heavy atom. The predicted octanol–water partition coefficient (Wildman–Crippen LogP) is 5.83. The van der Waals surface area contributed by atoms with Gasteiger partial charge in [-0.25, -0.2) is 0 Å². The van der Waals surface area contributed by atoms with E-state index in [1.807, 2.05) is 91.0 Å². The topological polar surface area (TPSA) is 77.3 Å². The molecule has 0 N–H and O–H groups in total. The first-order valence-electron chi connectivity index (χ1n) is 11.1. The first-order valence-corrected chi connectivity index (χ1v) is 11.1. The quantitative estimate of drug-likeness (QED) is 0.223. The SMILES string of the molecule is [Ir+3].[c-]1cccnc1-c1ccccn1.[c-]1cccnc1-c1ccccn1.[c-]1cccnc1-c1ccccn1. The van der Waals surface area contributed by atoms with Gasteiger partial charge >= 0.3 is 20.1 Å². The monoisotopic (exact) mass is 658 g/mol. The Morgan fingerprint density at radius 2 is 0.649 bits per heavy atom. The summed E-state index contributed by atoms with van der Waals surface area (Å²) in [6.07, 6.45) is 10.5. The Kier molecular flexibility index (Phi) is 11.4. The molecule has 0 aliphatic carbocycles. The molecule has 0 aliphatic rings. The molecule has 0 aliphatic heterocycles. The zero-order valence-corrected chi connectivity index (χ0v) is 22.0. The van der Waals surface area contributed by atoms with Gasteiger partial charge in [-0.3, -0.25) is 15.0 Å². The Bertz CT molecular complexity index is 1100. The van der Waals surface area contributed by atoms with Crippen LogP contribution in [0.2, 0.25) is 0 Å². The molecule has 6 nitrogen and oxygen atoms in total. The molecule has 0 radical (unpaired) electrons. The van der Waals surface area contributed by atoms with Crippen LogP contribution in [0.3, 0.4) is 0 Å². The Hall–Kier alpha value is -4.45. The number of hydrogen-bond donors (Lipinski definition) is 0. The first kappa shape index (κ1) is 27.1. The zero-order valence-electron chi connectivity index (χ0n) is 19.6. The van der Waals surface area contributed by atoms with Gasteiger partial charge in [-0.2, -0.15) is 36.4 Å². The minimum atomic E-state index is 0. The Labute approximate surface area is 230 Å². The van der Waals surface area contributed by atoms with Crippen molar-refractivity contribution >= 4 is 0 Å². The third kappa shape index (κ3) is 8.93. The number of hydrogen-bond acceptors (Lipinski definition) is 6. The molecule has 7 heteroatoms. The molecular formula is C30H21IrN6. The third-order valence-corrected chi connectivity index (χ3v) is 4.54. The van der Waals surface area contributed by atoms with Crippen molar-refractivity contribution in [3.63, 3.8) is 0 Å². The van der Waals surface area contributed by atoms with E-state index in [0.29, 0.717) is 0 Å². The van der Waals surface area contributed by atoms with Crippen LogP contribution < -0.4 is 0 Å².